The molecule has 0 aliphatic carbocycles. The molecule has 1 amide bonds. The number of ether oxygens (including phenoxy) is 1. The molecule has 0 aromatic heterocycles. The number of aliphatic hydroxyl groups excluding tert-OH is 1. The van der Waals surface area contributed by atoms with Crippen LogP contribution in [0.1, 0.15) is 58.3 Å². The number of carbonyl (C=O) groups is 3. The monoisotopic (exact) mass is 510 g/mol. The number of methoxy groups -OCH3 is 1. The summed E-state index contributed by atoms with van der Waals surface area (Å²) in [7, 11) is 1.32. The summed E-state index contributed by atoms with van der Waals surface area (Å²) in [5.41, 5.74) is 5.86. The number of allylic oxidation sites excluding steroid dienone is 7. The first-order chi connectivity index (χ1) is 16.8. The van der Waals surface area contributed by atoms with Crippen LogP contribution in [0.15, 0.2) is 48.6 Å². The predicted octanol–water partition coefficient (Wildman–Crippen LogP) is 3.52. The van der Waals surface area contributed by atoms with Gasteiger partial charge in [0.2, 0.25) is 5.91 Å². The number of hydrogen-bond donors (Lipinski definition) is 4. The van der Waals surface area contributed by atoms with E-state index in [1.54, 1.807) is 0 Å². The molecular formula is C26H42N2O6S. The number of unbranched alkanes of at least 4 members (excludes halogenated alkanes) is 3. The molecule has 0 bridgehead atoms. The van der Waals surface area contributed by atoms with Gasteiger partial charge in [0.25, 0.3) is 0 Å². The van der Waals surface area contributed by atoms with E-state index in [-0.39, 0.29) is 23.4 Å². The highest BCUT2D eigenvalue weighted by Crippen LogP contribution is 2.21. The molecule has 0 saturated carbocycles. The minimum Gasteiger partial charge on any atom is -0.480 e. The number of carboxylic acids is 1. The Morgan fingerprint density at radius 3 is 2.49 bits per heavy atom. The summed E-state index contributed by atoms with van der Waals surface area (Å²) in [6.07, 6.45) is 21.8. The lowest BCUT2D eigenvalue weighted by Gasteiger charge is -2.21. The van der Waals surface area contributed by atoms with E-state index in [2.05, 4.69) is 35.2 Å². The van der Waals surface area contributed by atoms with E-state index in [9.17, 15) is 19.5 Å². The number of rotatable bonds is 20. The zero-order valence-corrected chi connectivity index (χ0v) is 21.8. The molecule has 0 unspecified atom stereocenters. The highest BCUT2D eigenvalue weighted by molar-refractivity contribution is 8.00. The molecule has 0 spiro atoms. The van der Waals surface area contributed by atoms with Crippen molar-refractivity contribution in [2.45, 2.75) is 75.7 Å². The van der Waals surface area contributed by atoms with Crippen LogP contribution in [0.4, 0.5) is 0 Å². The first-order valence-electron chi connectivity index (χ1n) is 12.1. The van der Waals surface area contributed by atoms with Gasteiger partial charge in [-0.25, -0.2) is 0 Å². The second-order valence-corrected chi connectivity index (χ2v) is 9.16. The zero-order chi connectivity index (χ0) is 26.3. The first kappa shape index (κ1) is 32.6. The molecule has 35 heavy (non-hydrogen) atoms. The number of nitrogens with two attached hydrogens (primary N) is 1. The third-order valence-corrected chi connectivity index (χ3v) is 6.30. The normalized spacial score (nSPS) is 14.6. The topological polar surface area (TPSA) is 139 Å². The van der Waals surface area contributed by atoms with E-state index in [0.717, 1.165) is 12.8 Å². The van der Waals surface area contributed by atoms with E-state index in [1.807, 2.05) is 30.4 Å². The number of thioether (sulfide) groups is 1. The van der Waals surface area contributed by atoms with Gasteiger partial charge in [-0.2, -0.15) is 0 Å². The molecule has 5 N–H and O–H groups in total. The first-order valence-corrected chi connectivity index (χ1v) is 13.1. The molecule has 0 aromatic carbocycles. The molecule has 3 atom stereocenters. The van der Waals surface area contributed by atoms with E-state index >= 15 is 0 Å². The fourth-order valence-corrected chi connectivity index (χ4v) is 4.01. The van der Waals surface area contributed by atoms with Gasteiger partial charge in [0.05, 0.1) is 19.3 Å². The Labute approximate surface area is 213 Å². The minimum atomic E-state index is -1.15. The summed E-state index contributed by atoms with van der Waals surface area (Å²) in [6.45, 7) is 1.70. The van der Waals surface area contributed by atoms with Crippen LogP contribution in [0, 0.1) is 0 Å². The van der Waals surface area contributed by atoms with Gasteiger partial charge >= 0.3 is 11.9 Å². The van der Waals surface area contributed by atoms with Crippen LogP contribution in [-0.2, 0) is 19.1 Å². The van der Waals surface area contributed by atoms with Gasteiger partial charge < -0.3 is 26.0 Å². The second-order valence-electron chi connectivity index (χ2n) is 7.95. The van der Waals surface area contributed by atoms with Gasteiger partial charge in [0, 0.05) is 17.4 Å². The summed E-state index contributed by atoms with van der Waals surface area (Å²) < 4.78 is 4.62. The molecule has 0 aliphatic heterocycles. The van der Waals surface area contributed by atoms with Crippen LogP contribution < -0.4 is 11.1 Å². The van der Waals surface area contributed by atoms with Crippen molar-refractivity contribution < 1.29 is 29.3 Å². The van der Waals surface area contributed by atoms with Gasteiger partial charge in [0.15, 0.2) is 0 Å². The Morgan fingerprint density at radius 2 is 1.80 bits per heavy atom. The predicted molar refractivity (Wildman–Crippen MR) is 142 cm³/mol. The fraction of sp³-hybridized carbons (Fsp3) is 0.577. The van der Waals surface area contributed by atoms with E-state index in [4.69, 9.17) is 10.8 Å². The van der Waals surface area contributed by atoms with E-state index in [1.165, 1.54) is 38.1 Å². The molecule has 0 rings (SSSR count). The number of hydrogen-bond acceptors (Lipinski definition) is 7. The molecule has 0 fully saturated rings. The lowest BCUT2D eigenvalue weighted by atomic mass is 10.1. The van der Waals surface area contributed by atoms with Crippen molar-refractivity contribution in [1.29, 1.82) is 0 Å². The number of nitrogens with one attached hydrogen (secondary N) is 1. The number of aliphatic hydroxyl groups is 1. The summed E-state index contributed by atoms with van der Waals surface area (Å²) in [6, 6.07) is -0.911. The summed E-state index contributed by atoms with van der Waals surface area (Å²) in [5.74, 6) is -1.85. The van der Waals surface area contributed by atoms with Crippen LogP contribution in [0.2, 0.25) is 0 Å². The number of carboxylic acid groups (broad SMARTS) is 1. The molecule has 9 heteroatoms. The maximum atomic E-state index is 11.9. The van der Waals surface area contributed by atoms with Crippen molar-refractivity contribution in [2.24, 2.45) is 5.73 Å². The molecule has 0 aliphatic rings. The molecular weight excluding hydrogens is 468 g/mol. The Hall–Kier alpha value is -2.36. The van der Waals surface area contributed by atoms with E-state index in [0.29, 0.717) is 12.8 Å². The standard InChI is InChI=1S/C26H42N2O6S/c1-3-4-5-6-7-8-9-10-11-12-13-14-17-23(22(29)16-15-18-25(32)34-2)35-20-21(27)26(33)28-19-24(30)31/h7-8,10-14,17,21-23,29H,3-6,9,15-16,18-20,27H2,1-2H3,(H,28,33)(H,30,31)/b8-7-,11-10-,13-12-,17-14-/t21-,22-,23-/m0/s1. The van der Waals surface area contributed by atoms with Gasteiger partial charge in [-0.05, 0) is 32.1 Å². The smallest absolute Gasteiger partial charge is 0.322 e. The highest BCUT2D eigenvalue weighted by atomic mass is 32.2. The van der Waals surface area contributed by atoms with Gasteiger partial charge in [0.1, 0.15) is 6.54 Å². The number of amides is 1. The van der Waals surface area contributed by atoms with Gasteiger partial charge in [-0.3, -0.25) is 14.4 Å². The summed E-state index contributed by atoms with van der Waals surface area (Å²) in [5, 5.41) is 21.2. The quantitative estimate of drug-likeness (QED) is 0.0844. The fourth-order valence-electron chi connectivity index (χ4n) is 2.86. The number of aliphatic carboxylic acids is 1. The Morgan fingerprint density at radius 1 is 1.06 bits per heavy atom. The van der Waals surface area contributed by atoms with Crippen LogP contribution in [0.25, 0.3) is 0 Å². The number of esters is 1. The van der Waals surface area contributed by atoms with Crippen molar-refractivity contribution in [2.75, 3.05) is 19.4 Å². The average Bonchev–Trinajstić information content (AvgIpc) is 2.84. The summed E-state index contributed by atoms with van der Waals surface area (Å²) in [4.78, 5) is 33.8. The Kier molecular flexibility index (Phi) is 20.6. The van der Waals surface area contributed by atoms with Gasteiger partial charge in [-0.1, -0.05) is 68.4 Å². The minimum absolute atomic E-state index is 0.197. The molecule has 0 saturated heterocycles. The van der Waals surface area contributed by atoms with Crippen molar-refractivity contribution in [3.8, 4) is 0 Å². The zero-order valence-electron chi connectivity index (χ0n) is 20.9. The average molecular weight is 511 g/mol. The Balaban J connectivity index is 4.75. The van der Waals surface area contributed by atoms with Crippen LogP contribution in [0.5, 0.6) is 0 Å². The summed E-state index contributed by atoms with van der Waals surface area (Å²) >= 11 is 1.30. The van der Waals surface area contributed by atoms with Crippen LogP contribution in [0.3, 0.4) is 0 Å². The molecule has 8 nitrogen and oxygen atoms in total. The van der Waals surface area contributed by atoms with Crippen molar-refractivity contribution in [3.63, 3.8) is 0 Å². The van der Waals surface area contributed by atoms with E-state index < -0.39 is 30.6 Å². The maximum Gasteiger partial charge on any atom is 0.322 e. The van der Waals surface area contributed by atoms with Crippen LogP contribution >= 0.6 is 11.8 Å². The SMILES string of the molecule is CCCCC/C=C\C\C=C/C=C\C=C/[C@H](SC[C@H](N)C(=O)NCC(=O)O)[C@@H](O)CCCC(=O)OC. The Bertz CT molecular complexity index is 721. The van der Waals surface area contributed by atoms with Crippen molar-refractivity contribution >= 4 is 29.6 Å². The highest BCUT2D eigenvalue weighted by Gasteiger charge is 2.21. The lowest BCUT2D eigenvalue weighted by Crippen LogP contribution is -2.44. The molecule has 0 aromatic rings. The van der Waals surface area contributed by atoms with Crippen molar-refractivity contribution in [3.05, 3.63) is 48.6 Å². The third kappa shape index (κ3) is 19.6. The molecule has 0 heterocycles. The van der Waals surface area contributed by atoms with Crippen molar-refractivity contribution in [1.82, 2.24) is 5.32 Å². The molecule has 198 valence electrons. The second kappa shape index (κ2) is 22.1. The molecule has 0 radical (unpaired) electrons. The lowest BCUT2D eigenvalue weighted by molar-refractivity contribution is -0.141. The number of carbonyl (C=O) groups excluding carboxylic acids is 2. The van der Waals surface area contributed by atoms with Crippen LogP contribution in [-0.4, -0.2) is 64.9 Å². The van der Waals surface area contributed by atoms with Gasteiger partial charge in [-0.15, -0.1) is 11.8 Å². The third-order valence-electron chi connectivity index (χ3n) is 4.89. The maximum absolute atomic E-state index is 11.9. The largest absolute Gasteiger partial charge is 0.480 e.